The van der Waals surface area contributed by atoms with Crippen molar-refractivity contribution in [2.45, 2.75) is 60.0 Å². The molecular formula is C11H25N. The zero-order valence-corrected chi connectivity index (χ0v) is 9.52. The second-order valence-electron chi connectivity index (χ2n) is 4.80. The van der Waals surface area contributed by atoms with Gasteiger partial charge in [-0.2, -0.15) is 0 Å². The summed E-state index contributed by atoms with van der Waals surface area (Å²) >= 11 is 0. The third kappa shape index (κ3) is 5.59. The Hall–Kier alpha value is -0.0400. The second-order valence-corrected chi connectivity index (χ2v) is 4.80. The Labute approximate surface area is 77.9 Å². The highest BCUT2D eigenvalue weighted by molar-refractivity contribution is 4.73. The maximum atomic E-state index is 3.61. The highest BCUT2D eigenvalue weighted by Crippen LogP contribution is 2.12. The van der Waals surface area contributed by atoms with E-state index in [1.807, 2.05) is 0 Å². The largest absolute Gasteiger partial charge is 0.312 e. The second kappa shape index (κ2) is 5.58. The zero-order valence-electron chi connectivity index (χ0n) is 9.52. The Bertz CT molecular complexity index is 95.6. The van der Waals surface area contributed by atoms with Crippen LogP contribution in [0.4, 0.5) is 0 Å². The topological polar surface area (TPSA) is 12.0 Å². The van der Waals surface area contributed by atoms with Crippen LogP contribution in [0.2, 0.25) is 0 Å². The van der Waals surface area contributed by atoms with Gasteiger partial charge in [0.15, 0.2) is 0 Å². The minimum absolute atomic E-state index is 0.608. The molecule has 0 bridgehead atoms. The van der Waals surface area contributed by atoms with E-state index in [-0.39, 0.29) is 0 Å². The van der Waals surface area contributed by atoms with E-state index in [1.165, 1.54) is 6.42 Å². The molecule has 0 saturated carbocycles. The fraction of sp³-hybridized carbons (Fsp3) is 1.00. The van der Waals surface area contributed by atoms with Crippen molar-refractivity contribution in [1.82, 2.24) is 5.32 Å². The van der Waals surface area contributed by atoms with Gasteiger partial charge in [0.25, 0.3) is 0 Å². The van der Waals surface area contributed by atoms with Gasteiger partial charge in [-0.3, -0.25) is 0 Å². The normalized spacial score (nSPS) is 14.8. The van der Waals surface area contributed by atoms with Crippen LogP contribution in [0.25, 0.3) is 0 Å². The van der Waals surface area contributed by atoms with Crippen molar-refractivity contribution >= 4 is 0 Å². The van der Waals surface area contributed by atoms with E-state index in [0.717, 1.165) is 11.8 Å². The standard InChI is InChI=1S/C11H25N/c1-8(2)7-11(9(3)4)12-10(5)6/h8-12H,7H2,1-6H3/t11-/m0/s1. The maximum absolute atomic E-state index is 3.61. The third-order valence-electron chi connectivity index (χ3n) is 2.08. The summed E-state index contributed by atoms with van der Waals surface area (Å²) in [5.74, 6) is 1.54. The predicted molar refractivity (Wildman–Crippen MR) is 56.4 cm³/mol. The van der Waals surface area contributed by atoms with Gasteiger partial charge in [0.05, 0.1) is 0 Å². The van der Waals surface area contributed by atoms with Gasteiger partial charge in [-0.1, -0.05) is 41.5 Å². The summed E-state index contributed by atoms with van der Waals surface area (Å²) in [6.45, 7) is 13.6. The van der Waals surface area contributed by atoms with Crippen LogP contribution in [0, 0.1) is 11.8 Å². The van der Waals surface area contributed by atoms with Gasteiger partial charge in [0, 0.05) is 12.1 Å². The van der Waals surface area contributed by atoms with E-state index in [0.29, 0.717) is 12.1 Å². The molecule has 0 rings (SSSR count). The molecule has 0 unspecified atom stereocenters. The van der Waals surface area contributed by atoms with Gasteiger partial charge in [0.1, 0.15) is 0 Å². The fourth-order valence-electron chi connectivity index (χ4n) is 1.47. The predicted octanol–water partition coefficient (Wildman–Crippen LogP) is 3.06. The smallest absolute Gasteiger partial charge is 0.00948 e. The fourth-order valence-corrected chi connectivity index (χ4v) is 1.47. The summed E-state index contributed by atoms with van der Waals surface area (Å²) in [5.41, 5.74) is 0. The molecule has 0 fully saturated rings. The lowest BCUT2D eigenvalue weighted by Crippen LogP contribution is -2.39. The molecule has 0 saturated heterocycles. The first-order valence-corrected chi connectivity index (χ1v) is 5.19. The Morgan fingerprint density at radius 2 is 1.42 bits per heavy atom. The minimum atomic E-state index is 0.608. The van der Waals surface area contributed by atoms with Crippen molar-refractivity contribution < 1.29 is 0 Å². The van der Waals surface area contributed by atoms with E-state index < -0.39 is 0 Å². The lowest BCUT2D eigenvalue weighted by Gasteiger charge is -2.26. The van der Waals surface area contributed by atoms with Crippen molar-refractivity contribution in [2.24, 2.45) is 11.8 Å². The Balaban J connectivity index is 3.87. The Morgan fingerprint density at radius 1 is 0.917 bits per heavy atom. The summed E-state index contributed by atoms with van der Waals surface area (Å²) in [7, 11) is 0. The molecule has 74 valence electrons. The van der Waals surface area contributed by atoms with Crippen molar-refractivity contribution in [3.05, 3.63) is 0 Å². The molecule has 0 aromatic carbocycles. The monoisotopic (exact) mass is 171 g/mol. The summed E-state index contributed by atoms with van der Waals surface area (Å²) in [5, 5.41) is 3.61. The van der Waals surface area contributed by atoms with Gasteiger partial charge < -0.3 is 5.32 Å². The van der Waals surface area contributed by atoms with Crippen LogP contribution < -0.4 is 5.32 Å². The van der Waals surface area contributed by atoms with E-state index in [4.69, 9.17) is 0 Å². The highest BCUT2D eigenvalue weighted by atomic mass is 14.9. The number of hydrogen-bond donors (Lipinski definition) is 1. The van der Waals surface area contributed by atoms with Crippen molar-refractivity contribution in [2.75, 3.05) is 0 Å². The lowest BCUT2D eigenvalue weighted by atomic mass is 9.94. The van der Waals surface area contributed by atoms with Gasteiger partial charge in [-0.05, 0) is 18.3 Å². The van der Waals surface area contributed by atoms with E-state index in [2.05, 4.69) is 46.9 Å². The third-order valence-corrected chi connectivity index (χ3v) is 2.08. The minimum Gasteiger partial charge on any atom is -0.312 e. The quantitative estimate of drug-likeness (QED) is 0.670. The van der Waals surface area contributed by atoms with Gasteiger partial charge >= 0.3 is 0 Å². The molecule has 0 aliphatic rings. The van der Waals surface area contributed by atoms with Crippen molar-refractivity contribution in [3.63, 3.8) is 0 Å². The SMILES string of the molecule is CC(C)C[C@H](NC(C)C)C(C)C. The van der Waals surface area contributed by atoms with E-state index in [9.17, 15) is 0 Å². The highest BCUT2D eigenvalue weighted by Gasteiger charge is 2.14. The van der Waals surface area contributed by atoms with E-state index in [1.54, 1.807) is 0 Å². The maximum Gasteiger partial charge on any atom is 0.00948 e. The van der Waals surface area contributed by atoms with Crippen LogP contribution in [-0.4, -0.2) is 12.1 Å². The van der Waals surface area contributed by atoms with Crippen LogP contribution in [0.3, 0.4) is 0 Å². The first-order chi connectivity index (χ1) is 5.43. The first-order valence-electron chi connectivity index (χ1n) is 5.19. The van der Waals surface area contributed by atoms with Crippen LogP contribution in [0.5, 0.6) is 0 Å². The molecule has 0 spiro atoms. The lowest BCUT2D eigenvalue weighted by molar-refractivity contribution is 0.319. The zero-order chi connectivity index (χ0) is 9.72. The molecule has 0 radical (unpaired) electrons. The molecule has 0 aromatic heterocycles. The molecule has 0 aliphatic heterocycles. The van der Waals surface area contributed by atoms with Gasteiger partial charge in [0.2, 0.25) is 0 Å². The first kappa shape index (κ1) is 12.0. The van der Waals surface area contributed by atoms with Gasteiger partial charge in [-0.25, -0.2) is 0 Å². The molecule has 1 atom stereocenters. The van der Waals surface area contributed by atoms with Crippen LogP contribution in [0.1, 0.15) is 48.0 Å². The number of rotatable bonds is 5. The summed E-state index contributed by atoms with van der Waals surface area (Å²) in [6, 6.07) is 1.29. The average molecular weight is 171 g/mol. The summed E-state index contributed by atoms with van der Waals surface area (Å²) in [6.07, 6.45) is 1.29. The molecule has 1 N–H and O–H groups in total. The van der Waals surface area contributed by atoms with Crippen LogP contribution in [-0.2, 0) is 0 Å². The molecule has 0 amide bonds. The van der Waals surface area contributed by atoms with Gasteiger partial charge in [-0.15, -0.1) is 0 Å². The number of nitrogens with one attached hydrogen (secondary N) is 1. The van der Waals surface area contributed by atoms with Crippen LogP contribution in [0.15, 0.2) is 0 Å². The van der Waals surface area contributed by atoms with Crippen molar-refractivity contribution in [1.29, 1.82) is 0 Å². The molecule has 1 heteroatoms. The van der Waals surface area contributed by atoms with E-state index >= 15 is 0 Å². The molecule has 0 aromatic rings. The Morgan fingerprint density at radius 3 is 1.67 bits per heavy atom. The molecule has 0 heterocycles. The molecular weight excluding hydrogens is 146 g/mol. The summed E-state index contributed by atoms with van der Waals surface area (Å²) < 4.78 is 0. The molecule has 0 aliphatic carbocycles. The molecule has 12 heavy (non-hydrogen) atoms. The van der Waals surface area contributed by atoms with Crippen molar-refractivity contribution in [3.8, 4) is 0 Å². The average Bonchev–Trinajstić information content (AvgIpc) is 1.83. The number of hydrogen-bond acceptors (Lipinski definition) is 1. The van der Waals surface area contributed by atoms with Crippen LogP contribution >= 0.6 is 0 Å². The molecule has 1 nitrogen and oxygen atoms in total. The Kier molecular flexibility index (Phi) is 5.56. The summed E-state index contributed by atoms with van der Waals surface area (Å²) in [4.78, 5) is 0.